The Kier molecular flexibility index (Phi) is 1.54. The topological polar surface area (TPSA) is 23.8 Å². The largest absolute Gasteiger partial charge is 0.193 e. The van der Waals surface area contributed by atoms with E-state index in [1.54, 1.807) is 6.08 Å². The Balaban J connectivity index is 2.04. The van der Waals surface area contributed by atoms with Crippen LogP contribution in [0.15, 0.2) is 24.3 Å². The first-order valence-electron chi connectivity index (χ1n) is 4.15. The molecular formula is C10H11N. The summed E-state index contributed by atoms with van der Waals surface area (Å²) in [6.07, 6.45) is 10.9. The second-order valence-corrected chi connectivity index (χ2v) is 3.43. The number of rotatable bonds is 1. The molecule has 1 saturated carbocycles. The van der Waals surface area contributed by atoms with Crippen molar-refractivity contribution < 1.29 is 0 Å². The van der Waals surface area contributed by atoms with Crippen molar-refractivity contribution in [1.29, 1.82) is 5.26 Å². The van der Waals surface area contributed by atoms with Crippen LogP contribution in [0.2, 0.25) is 0 Å². The molecule has 0 N–H and O–H groups in total. The van der Waals surface area contributed by atoms with Crippen LogP contribution in [-0.2, 0) is 0 Å². The molecule has 0 heterocycles. The van der Waals surface area contributed by atoms with Gasteiger partial charge in [-0.2, -0.15) is 5.26 Å². The van der Waals surface area contributed by atoms with E-state index in [0.717, 1.165) is 11.8 Å². The molecule has 11 heavy (non-hydrogen) atoms. The average Bonchev–Trinajstić information content (AvgIpc) is 2.60. The number of fused-ring (bicyclic) bond motifs is 2. The van der Waals surface area contributed by atoms with Crippen LogP contribution in [0.3, 0.4) is 0 Å². The summed E-state index contributed by atoms with van der Waals surface area (Å²) < 4.78 is 0. The van der Waals surface area contributed by atoms with Crippen molar-refractivity contribution in [3.63, 3.8) is 0 Å². The molecule has 3 atom stereocenters. The van der Waals surface area contributed by atoms with Crippen LogP contribution in [0.4, 0.5) is 0 Å². The van der Waals surface area contributed by atoms with Crippen LogP contribution in [0.25, 0.3) is 0 Å². The highest BCUT2D eigenvalue weighted by Gasteiger charge is 2.33. The Morgan fingerprint density at radius 2 is 2.27 bits per heavy atom. The Morgan fingerprint density at radius 1 is 1.36 bits per heavy atom. The maximum atomic E-state index is 8.34. The van der Waals surface area contributed by atoms with Crippen LogP contribution >= 0.6 is 0 Å². The minimum atomic E-state index is 0.657. The molecule has 0 aromatic carbocycles. The first-order valence-corrected chi connectivity index (χ1v) is 4.15. The summed E-state index contributed by atoms with van der Waals surface area (Å²) in [6, 6.07) is 2.05. The molecule has 1 nitrogen and oxygen atoms in total. The van der Waals surface area contributed by atoms with Gasteiger partial charge in [0.2, 0.25) is 0 Å². The predicted molar refractivity (Wildman–Crippen MR) is 43.6 cm³/mol. The van der Waals surface area contributed by atoms with Gasteiger partial charge in [0, 0.05) is 6.08 Å². The fourth-order valence-electron chi connectivity index (χ4n) is 2.21. The molecule has 0 radical (unpaired) electrons. The first-order chi connectivity index (χ1) is 5.40. The average molecular weight is 145 g/mol. The third-order valence-electron chi connectivity index (χ3n) is 2.75. The lowest BCUT2D eigenvalue weighted by Gasteiger charge is -2.11. The van der Waals surface area contributed by atoms with Crippen LogP contribution in [0, 0.1) is 29.1 Å². The lowest BCUT2D eigenvalue weighted by molar-refractivity contribution is 0.550. The summed E-state index contributed by atoms with van der Waals surface area (Å²) in [5.74, 6) is 2.21. The third-order valence-corrected chi connectivity index (χ3v) is 2.75. The highest BCUT2D eigenvalue weighted by atomic mass is 14.4. The molecule has 1 fully saturated rings. The zero-order valence-corrected chi connectivity index (χ0v) is 6.40. The van der Waals surface area contributed by atoms with Crippen molar-refractivity contribution >= 4 is 0 Å². The first kappa shape index (κ1) is 6.67. The van der Waals surface area contributed by atoms with Crippen molar-refractivity contribution in [1.82, 2.24) is 0 Å². The van der Waals surface area contributed by atoms with E-state index in [1.165, 1.54) is 12.8 Å². The third kappa shape index (κ3) is 1.09. The molecule has 0 amide bonds. The molecule has 56 valence electrons. The van der Waals surface area contributed by atoms with Gasteiger partial charge in [-0.05, 0) is 30.6 Å². The summed E-state index contributed by atoms with van der Waals surface area (Å²) >= 11 is 0. The number of allylic oxidation sites excluding steroid dienone is 4. The van der Waals surface area contributed by atoms with Gasteiger partial charge in [0.1, 0.15) is 0 Å². The van der Waals surface area contributed by atoms with Gasteiger partial charge in [-0.1, -0.05) is 18.2 Å². The molecule has 2 aliphatic rings. The normalized spacial score (nSPS) is 40.1. The van der Waals surface area contributed by atoms with E-state index < -0.39 is 0 Å². The smallest absolute Gasteiger partial charge is 0.0908 e. The molecular weight excluding hydrogens is 134 g/mol. The summed E-state index contributed by atoms with van der Waals surface area (Å²) in [5, 5.41) is 8.34. The van der Waals surface area contributed by atoms with Crippen LogP contribution < -0.4 is 0 Å². The van der Waals surface area contributed by atoms with Gasteiger partial charge in [0.05, 0.1) is 6.07 Å². The molecule has 0 aliphatic heterocycles. The molecule has 2 bridgehead atoms. The van der Waals surface area contributed by atoms with Crippen molar-refractivity contribution in [3.8, 4) is 6.07 Å². The maximum Gasteiger partial charge on any atom is 0.0908 e. The number of nitrogens with zero attached hydrogens (tertiary/aromatic N) is 1. The highest BCUT2D eigenvalue weighted by molar-refractivity contribution is 5.16. The van der Waals surface area contributed by atoms with Crippen molar-refractivity contribution in [2.45, 2.75) is 12.8 Å². The molecule has 1 heteroatoms. The second kappa shape index (κ2) is 2.54. The van der Waals surface area contributed by atoms with Gasteiger partial charge in [0.15, 0.2) is 0 Å². The maximum absolute atomic E-state index is 8.34. The quantitative estimate of drug-likeness (QED) is 0.410. The van der Waals surface area contributed by atoms with E-state index in [-0.39, 0.29) is 0 Å². The van der Waals surface area contributed by atoms with Crippen LogP contribution in [0.5, 0.6) is 0 Å². The molecule has 0 aromatic heterocycles. The van der Waals surface area contributed by atoms with E-state index in [9.17, 15) is 0 Å². The molecule has 0 saturated heterocycles. The number of nitriles is 1. The van der Waals surface area contributed by atoms with Crippen molar-refractivity contribution in [2.24, 2.45) is 17.8 Å². The molecule has 0 spiro atoms. The molecule has 2 rings (SSSR count). The van der Waals surface area contributed by atoms with Crippen molar-refractivity contribution in [3.05, 3.63) is 24.3 Å². The standard InChI is InChI=1S/C10H11N/c11-5-1-2-9-6-8-3-4-10(9)7-8/h1-4,8-10H,6-7H2. The summed E-state index contributed by atoms with van der Waals surface area (Å²) in [4.78, 5) is 0. The Morgan fingerprint density at radius 3 is 2.82 bits per heavy atom. The van der Waals surface area contributed by atoms with Gasteiger partial charge in [0.25, 0.3) is 0 Å². The zero-order chi connectivity index (χ0) is 7.68. The summed E-state index contributed by atoms with van der Waals surface area (Å²) in [7, 11) is 0. The monoisotopic (exact) mass is 145 g/mol. The van der Waals surface area contributed by atoms with E-state index in [1.807, 2.05) is 6.07 Å². The van der Waals surface area contributed by atoms with E-state index in [2.05, 4.69) is 18.2 Å². The Labute approximate surface area is 67.0 Å². The summed E-state index contributed by atoms with van der Waals surface area (Å²) in [6.45, 7) is 0. The molecule has 2 aliphatic carbocycles. The van der Waals surface area contributed by atoms with Gasteiger partial charge in [-0.25, -0.2) is 0 Å². The Bertz CT molecular complexity index is 244. The Hall–Kier alpha value is -1.03. The lowest BCUT2D eigenvalue weighted by atomic mass is 9.93. The van der Waals surface area contributed by atoms with Gasteiger partial charge in [-0.15, -0.1) is 0 Å². The summed E-state index contributed by atoms with van der Waals surface area (Å²) in [5.41, 5.74) is 0. The van der Waals surface area contributed by atoms with Gasteiger partial charge < -0.3 is 0 Å². The van der Waals surface area contributed by atoms with Crippen LogP contribution in [0.1, 0.15) is 12.8 Å². The van der Waals surface area contributed by atoms with E-state index in [4.69, 9.17) is 5.26 Å². The van der Waals surface area contributed by atoms with Crippen LogP contribution in [-0.4, -0.2) is 0 Å². The van der Waals surface area contributed by atoms with Crippen molar-refractivity contribution in [2.75, 3.05) is 0 Å². The number of hydrogen-bond acceptors (Lipinski definition) is 1. The SMILES string of the molecule is N#CC=CC1CC2C=CC1C2. The molecule has 0 aromatic rings. The minimum absolute atomic E-state index is 0.657. The van der Waals surface area contributed by atoms with Gasteiger partial charge in [-0.3, -0.25) is 0 Å². The van der Waals surface area contributed by atoms with E-state index >= 15 is 0 Å². The zero-order valence-electron chi connectivity index (χ0n) is 6.40. The van der Waals surface area contributed by atoms with E-state index in [0.29, 0.717) is 5.92 Å². The van der Waals surface area contributed by atoms with Gasteiger partial charge >= 0.3 is 0 Å². The molecule has 3 unspecified atom stereocenters. The highest BCUT2D eigenvalue weighted by Crippen LogP contribution is 2.43. The predicted octanol–water partition coefficient (Wildman–Crippen LogP) is 2.28. The number of hydrogen-bond donors (Lipinski definition) is 0. The minimum Gasteiger partial charge on any atom is -0.193 e. The lowest BCUT2D eigenvalue weighted by Crippen LogP contribution is -2.02. The second-order valence-electron chi connectivity index (χ2n) is 3.43. The fraction of sp³-hybridized carbons (Fsp3) is 0.500. The fourth-order valence-corrected chi connectivity index (χ4v) is 2.21.